The van der Waals surface area contributed by atoms with Gasteiger partial charge in [0.15, 0.2) is 0 Å². The van der Waals surface area contributed by atoms with Gasteiger partial charge in [0.1, 0.15) is 28.7 Å². The minimum Gasteiger partial charge on any atom is -0.357 e. The van der Waals surface area contributed by atoms with Gasteiger partial charge in [0.2, 0.25) is 17.8 Å². The molecule has 0 atom stereocenters. The van der Waals surface area contributed by atoms with Crippen molar-refractivity contribution in [2.24, 2.45) is 10.4 Å². The zero-order chi connectivity index (χ0) is 26.4. The van der Waals surface area contributed by atoms with Crippen molar-refractivity contribution >= 4 is 52.4 Å². The monoisotopic (exact) mass is 515 g/mol. The number of rotatable bonds is 6. The third-order valence-electron chi connectivity index (χ3n) is 6.89. The van der Waals surface area contributed by atoms with Crippen LogP contribution in [-0.2, 0) is 9.59 Å². The normalized spacial score (nSPS) is 16.6. The molecular formula is C27H23F2N7O2. The molecule has 2 aliphatic heterocycles. The maximum atomic E-state index is 15.1. The van der Waals surface area contributed by atoms with Gasteiger partial charge in [-0.2, -0.15) is 4.98 Å². The SMILES string of the molecule is CNc1ncc2c(n1)N1CCN=C1C(c1cc(NC(=O)C3(C(=O)Nc4ccc(F)cc4)CC3)ccc1F)=C2. The number of fused-ring (bicyclic) bond motifs is 3. The van der Waals surface area contributed by atoms with E-state index in [4.69, 9.17) is 0 Å². The molecule has 0 spiro atoms. The minimum absolute atomic E-state index is 0.261. The van der Waals surface area contributed by atoms with Crippen LogP contribution in [0.1, 0.15) is 24.0 Å². The second kappa shape index (κ2) is 9.02. The number of aromatic nitrogens is 2. The third-order valence-corrected chi connectivity index (χ3v) is 6.89. The fourth-order valence-electron chi connectivity index (χ4n) is 4.65. The van der Waals surface area contributed by atoms with Crippen LogP contribution in [0.3, 0.4) is 0 Å². The molecule has 0 saturated heterocycles. The molecule has 1 fully saturated rings. The Morgan fingerprint density at radius 3 is 2.42 bits per heavy atom. The van der Waals surface area contributed by atoms with Crippen LogP contribution in [0.2, 0.25) is 0 Å². The van der Waals surface area contributed by atoms with E-state index < -0.39 is 28.9 Å². The van der Waals surface area contributed by atoms with Gasteiger partial charge in [-0.05, 0) is 61.4 Å². The molecule has 1 aliphatic carbocycles. The Kier molecular flexibility index (Phi) is 5.63. The van der Waals surface area contributed by atoms with Crippen molar-refractivity contribution in [3.05, 3.63) is 71.4 Å². The zero-order valence-corrected chi connectivity index (χ0v) is 20.4. The number of amidine groups is 1. The Morgan fingerprint density at radius 1 is 1.00 bits per heavy atom. The van der Waals surface area contributed by atoms with E-state index in [-0.39, 0.29) is 5.56 Å². The minimum atomic E-state index is -1.24. The van der Waals surface area contributed by atoms with Crippen LogP contribution in [-0.4, -0.2) is 47.8 Å². The number of nitrogens with one attached hydrogen (secondary N) is 3. The Balaban J connectivity index is 1.27. The summed E-state index contributed by atoms with van der Waals surface area (Å²) in [4.78, 5) is 41.4. The molecule has 6 rings (SSSR count). The number of nitrogens with zero attached hydrogens (tertiary/aromatic N) is 4. The summed E-state index contributed by atoms with van der Waals surface area (Å²) in [7, 11) is 1.73. The highest BCUT2D eigenvalue weighted by molar-refractivity contribution is 6.35. The molecule has 0 bridgehead atoms. The van der Waals surface area contributed by atoms with E-state index in [0.717, 1.165) is 5.56 Å². The highest BCUT2D eigenvalue weighted by Crippen LogP contribution is 2.47. The summed E-state index contributed by atoms with van der Waals surface area (Å²) in [5, 5.41) is 8.38. The van der Waals surface area contributed by atoms with E-state index in [0.29, 0.717) is 60.5 Å². The maximum Gasteiger partial charge on any atom is 0.240 e. The van der Waals surface area contributed by atoms with Crippen LogP contribution in [0, 0.1) is 17.0 Å². The molecule has 38 heavy (non-hydrogen) atoms. The average Bonchev–Trinajstić information content (AvgIpc) is 3.60. The van der Waals surface area contributed by atoms with E-state index in [2.05, 4.69) is 30.9 Å². The predicted molar refractivity (Wildman–Crippen MR) is 141 cm³/mol. The first-order valence-electron chi connectivity index (χ1n) is 12.2. The van der Waals surface area contributed by atoms with E-state index in [1.54, 1.807) is 25.4 Å². The molecular weight excluding hydrogens is 492 g/mol. The number of aliphatic imine (C=N–C) groups is 1. The van der Waals surface area contributed by atoms with Crippen LogP contribution in [0.15, 0.2) is 53.7 Å². The van der Waals surface area contributed by atoms with Gasteiger partial charge < -0.3 is 20.9 Å². The lowest BCUT2D eigenvalue weighted by Gasteiger charge is -2.27. The van der Waals surface area contributed by atoms with Gasteiger partial charge in [-0.1, -0.05) is 0 Å². The molecule has 1 saturated carbocycles. The number of halogens is 2. The van der Waals surface area contributed by atoms with Gasteiger partial charge in [-0.3, -0.25) is 14.6 Å². The topological polar surface area (TPSA) is 112 Å². The van der Waals surface area contributed by atoms with Crippen LogP contribution < -0.4 is 20.9 Å². The molecule has 1 aromatic heterocycles. The number of carbonyl (C=O) groups excluding carboxylic acids is 2. The van der Waals surface area contributed by atoms with E-state index >= 15 is 4.39 Å². The van der Waals surface area contributed by atoms with Gasteiger partial charge in [-0.15, -0.1) is 0 Å². The first-order valence-corrected chi connectivity index (χ1v) is 12.2. The summed E-state index contributed by atoms with van der Waals surface area (Å²) >= 11 is 0. The number of amides is 2. The molecule has 3 aromatic rings. The second-order valence-electron chi connectivity index (χ2n) is 9.33. The van der Waals surface area contributed by atoms with Crippen molar-refractivity contribution in [3.8, 4) is 0 Å². The van der Waals surface area contributed by atoms with E-state index in [1.165, 1.54) is 36.4 Å². The number of hydrogen-bond donors (Lipinski definition) is 3. The zero-order valence-electron chi connectivity index (χ0n) is 20.4. The number of benzene rings is 2. The van der Waals surface area contributed by atoms with Gasteiger partial charge >= 0.3 is 0 Å². The lowest BCUT2D eigenvalue weighted by molar-refractivity contribution is -0.131. The molecule has 2 amide bonds. The summed E-state index contributed by atoms with van der Waals surface area (Å²) in [5.41, 5.74) is 1.06. The molecule has 11 heteroatoms. The smallest absolute Gasteiger partial charge is 0.240 e. The molecule has 3 aliphatic rings. The lowest BCUT2D eigenvalue weighted by Crippen LogP contribution is -2.35. The third kappa shape index (κ3) is 4.05. The van der Waals surface area contributed by atoms with Crippen molar-refractivity contribution in [2.75, 3.05) is 41.0 Å². The lowest BCUT2D eigenvalue weighted by atomic mass is 9.97. The van der Waals surface area contributed by atoms with Gasteiger partial charge in [0.05, 0.1) is 6.54 Å². The second-order valence-corrected chi connectivity index (χ2v) is 9.33. The first kappa shape index (κ1) is 23.7. The Bertz CT molecular complexity index is 1530. The molecule has 0 radical (unpaired) electrons. The highest BCUT2D eigenvalue weighted by atomic mass is 19.1. The van der Waals surface area contributed by atoms with Gasteiger partial charge in [0, 0.05) is 47.9 Å². The molecule has 9 nitrogen and oxygen atoms in total. The van der Waals surface area contributed by atoms with Crippen molar-refractivity contribution in [1.82, 2.24) is 9.97 Å². The summed E-state index contributed by atoms with van der Waals surface area (Å²) in [6.45, 7) is 1.14. The Labute approximate surface area is 216 Å². The largest absolute Gasteiger partial charge is 0.357 e. The van der Waals surface area contributed by atoms with Crippen LogP contribution >= 0.6 is 0 Å². The average molecular weight is 516 g/mol. The first-order chi connectivity index (χ1) is 18.4. The van der Waals surface area contributed by atoms with Gasteiger partial charge in [-0.25, -0.2) is 13.8 Å². The maximum absolute atomic E-state index is 15.1. The standard InChI is InChI=1S/C27H23F2N7O2/c1-30-26-32-14-15-12-20(23-31-10-11-36(23)22(15)35-26)19-13-18(6-7-21(19)29)34-25(38)27(8-9-27)24(37)33-17-4-2-16(28)3-5-17/h2-7,12-14H,8-11H2,1H3,(H,33,37)(H,34,38)(H,30,32,35). The van der Waals surface area contributed by atoms with Crippen molar-refractivity contribution in [2.45, 2.75) is 12.8 Å². The predicted octanol–water partition coefficient (Wildman–Crippen LogP) is 3.93. The van der Waals surface area contributed by atoms with Crippen molar-refractivity contribution in [3.63, 3.8) is 0 Å². The summed E-state index contributed by atoms with van der Waals surface area (Å²) < 4.78 is 28.3. The molecule has 3 N–H and O–H groups in total. The Hall–Kier alpha value is -4.67. The van der Waals surface area contributed by atoms with Crippen molar-refractivity contribution in [1.29, 1.82) is 0 Å². The van der Waals surface area contributed by atoms with Gasteiger partial charge in [0.25, 0.3) is 0 Å². The summed E-state index contributed by atoms with van der Waals surface area (Å²) in [5.74, 6) is -0.0872. The number of anilines is 4. The van der Waals surface area contributed by atoms with E-state index in [1.807, 2.05) is 4.90 Å². The Morgan fingerprint density at radius 2 is 1.71 bits per heavy atom. The molecule has 0 unspecified atom stereocenters. The highest BCUT2D eigenvalue weighted by Gasteiger charge is 2.56. The van der Waals surface area contributed by atoms with Crippen LogP contribution in [0.25, 0.3) is 11.6 Å². The van der Waals surface area contributed by atoms with Crippen molar-refractivity contribution < 1.29 is 18.4 Å². The fraction of sp³-hybridized carbons (Fsp3) is 0.222. The molecule has 2 aromatic carbocycles. The number of carbonyl (C=O) groups is 2. The summed E-state index contributed by atoms with van der Waals surface area (Å²) in [6.07, 6.45) is 4.21. The molecule has 192 valence electrons. The quantitative estimate of drug-likeness (QED) is 0.429. The number of hydrogen-bond acceptors (Lipinski definition) is 7. The molecule has 3 heterocycles. The van der Waals surface area contributed by atoms with E-state index in [9.17, 15) is 14.0 Å². The van der Waals surface area contributed by atoms with Crippen LogP contribution in [0.4, 0.5) is 31.9 Å². The van der Waals surface area contributed by atoms with Crippen LogP contribution in [0.5, 0.6) is 0 Å². The fourth-order valence-corrected chi connectivity index (χ4v) is 4.65. The summed E-state index contributed by atoms with van der Waals surface area (Å²) in [6, 6.07) is 9.61.